The van der Waals surface area contributed by atoms with Gasteiger partial charge >= 0.3 is 6.18 Å². The molecule has 0 saturated carbocycles. The minimum atomic E-state index is -4.91. The Morgan fingerprint density at radius 2 is 1.90 bits per heavy atom. The van der Waals surface area contributed by atoms with Crippen LogP contribution in [-0.4, -0.2) is 47.3 Å². The van der Waals surface area contributed by atoms with Gasteiger partial charge in [-0.1, -0.05) is 31.0 Å². The first-order chi connectivity index (χ1) is 19.3. The van der Waals surface area contributed by atoms with Gasteiger partial charge < -0.3 is 10.1 Å². The third-order valence-corrected chi connectivity index (χ3v) is 6.14. The number of unbranched alkanes of at least 4 members (excludes halogenated alkanes) is 1. The Balaban J connectivity index is 1.46. The number of aromatic nitrogens is 7. The molecule has 0 fully saturated rings. The van der Waals surface area contributed by atoms with Crippen LogP contribution in [0.3, 0.4) is 0 Å². The number of hydrogen-bond donors (Lipinski definition) is 1. The predicted molar refractivity (Wildman–Crippen MR) is 141 cm³/mol. The number of amides is 1. The molecule has 40 heavy (non-hydrogen) atoms. The molecule has 4 aromatic heterocycles. The molecule has 0 unspecified atom stereocenters. The first kappa shape index (κ1) is 27.2. The van der Waals surface area contributed by atoms with Crippen LogP contribution in [0, 0.1) is 0 Å². The number of benzene rings is 1. The van der Waals surface area contributed by atoms with E-state index in [9.17, 15) is 18.0 Å². The van der Waals surface area contributed by atoms with E-state index in [0.29, 0.717) is 34.5 Å². The van der Waals surface area contributed by atoms with Crippen molar-refractivity contribution >= 4 is 34.1 Å². The van der Waals surface area contributed by atoms with Crippen molar-refractivity contribution in [2.45, 2.75) is 32.5 Å². The second kappa shape index (κ2) is 11.4. The summed E-state index contributed by atoms with van der Waals surface area (Å²) >= 11 is 6.22. The summed E-state index contributed by atoms with van der Waals surface area (Å²) in [6.07, 6.45) is 1.98. The highest BCUT2D eigenvalue weighted by atomic mass is 35.5. The topological polar surface area (TPSA) is 113 Å². The van der Waals surface area contributed by atoms with Crippen molar-refractivity contribution in [1.29, 1.82) is 0 Å². The highest BCUT2D eigenvalue weighted by molar-refractivity contribution is 6.32. The van der Waals surface area contributed by atoms with Crippen LogP contribution in [0.5, 0.6) is 0 Å². The molecule has 5 rings (SSSR count). The van der Waals surface area contributed by atoms with Crippen LogP contribution in [0.2, 0.25) is 5.02 Å². The van der Waals surface area contributed by atoms with Gasteiger partial charge in [-0.15, -0.1) is 4.80 Å². The predicted octanol–water partition coefficient (Wildman–Crippen LogP) is 5.64. The molecule has 0 aliphatic carbocycles. The third-order valence-electron chi connectivity index (χ3n) is 5.86. The number of carbonyl (C=O) groups excluding carboxylic acids is 1. The van der Waals surface area contributed by atoms with Crippen LogP contribution in [-0.2, 0) is 17.5 Å². The summed E-state index contributed by atoms with van der Waals surface area (Å²) in [5, 5.41) is 14.7. The number of alkyl halides is 3. The van der Waals surface area contributed by atoms with Gasteiger partial charge in [0.15, 0.2) is 11.5 Å². The lowest BCUT2D eigenvalue weighted by Crippen LogP contribution is -2.21. The van der Waals surface area contributed by atoms with E-state index in [0.717, 1.165) is 19.0 Å². The van der Waals surface area contributed by atoms with Gasteiger partial charge in [0.2, 0.25) is 0 Å². The summed E-state index contributed by atoms with van der Waals surface area (Å²) in [5.41, 5.74) is -0.589. The maximum Gasteiger partial charge on any atom is 0.434 e. The molecule has 0 aliphatic heterocycles. The van der Waals surface area contributed by atoms with Gasteiger partial charge in [-0.2, -0.15) is 28.5 Å². The van der Waals surface area contributed by atoms with E-state index in [1.165, 1.54) is 35.5 Å². The fourth-order valence-corrected chi connectivity index (χ4v) is 4.25. The number of carbonyl (C=O) groups is 1. The van der Waals surface area contributed by atoms with Crippen LogP contribution in [0.1, 0.15) is 41.5 Å². The van der Waals surface area contributed by atoms with Crippen LogP contribution in [0.15, 0.2) is 61.2 Å². The van der Waals surface area contributed by atoms with E-state index in [1.54, 1.807) is 24.3 Å². The van der Waals surface area contributed by atoms with E-state index >= 15 is 0 Å². The molecule has 0 saturated heterocycles. The highest BCUT2D eigenvalue weighted by Crippen LogP contribution is 2.35. The van der Waals surface area contributed by atoms with E-state index in [-0.39, 0.29) is 22.2 Å². The number of ether oxygens (including phenoxy) is 1. The minimum Gasteiger partial charge on any atom is -0.375 e. The molecule has 206 valence electrons. The average molecular weight is 571 g/mol. The quantitative estimate of drug-likeness (QED) is 0.228. The Bertz CT molecular complexity index is 1650. The van der Waals surface area contributed by atoms with Crippen molar-refractivity contribution in [3.63, 3.8) is 0 Å². The number of nitrogens with zero attached hydrogens (tertiary/aromatic N) is 7. The van der Waals surface area contributed by atoms with Crippen molar-refractivity contribution in [2.24, 2.45) is 0 Å². The molecule has 1 aromatic carbocycles. The summed E-state index contributed by atoms with van der Waals surface area (Å²) < 4.78 is 49.3. The van der Waals surface area contributed by atoms with Gasteiger partial charge in [-0.05, 0) is 36.8 Å². The number of pyridine rings is 2. The Morgan fingerprint density at radius 1 is 1.10 bits per heavy atom. The van der Waals surface area contributed by atoms with Gasteiger partial charge in [0, 0.05) is 12.0 Å². The van der Waals surface area contributed by atoms with Gasteiger partial charge in [0.05, 0.1) is 64.6 Å². The lowest BCUT2D eigenvalue weighted by atomic mass is 10.1. The molecule has 0 radical (unpaired) electrons. The van der Waals surface area contributed by atoms with E-state index in [1.807, 2.05) is 0 Å². The van der Waals surface area contributed by atoms with Crippen molar-refractivity contribution < 1.29 is 22.7 Å². The molecular formula is C26H22ClF3N8O2. The minimum absolute atomic E-state index is 0.0785. The second-order valence-electron chi connectivity index (χ2n) is 8.67. The van der Waals surface area contributed by atoms with Crippen LogP contribution in [0.25, 0.3) is 22.4 Å². The zero-order valence-corrected chi connectivity index (χ0v) is 21.8. The van der Waals surface area contributed by atoms with Crippen LogP contribution < -0.4 is 5.32 Å². The van der Waals surface area contributed by atoms with Crippen molar-refractivity contribution in [3.05, 3.63) is 83.2 Å². The third kappa shape index (κ3) is 5.65. The molecule has 0 spiro atoms. The van der Waals surface area contributed by atoms with Crippen molar-refractivity contribution in [3.8, 4) is 11.5 Å². The maximum absolute atomic E-state index is 14.3. The lowest BCUT2D eigenvalue weighted by Gasteiger charge is -2.15. The number of fused-ring (bicyclic) bond motifs is 1. The number of nitrogens with one attached hydrogen (secondary N) is 1. The summed E-state index contributed by atoms with van der Waals surface area (Å²) in [6, 6.07) is 9.46. The fourth-order valence-electron chi connectivity index (χ4n) is 4.01. The molecule has 10 nitrogen and oxygen atoms in total. The number of halogens is 4. The summed E-state index contributed by atoms with van der Waals surface area (Å²) in [4.78, 5) is 22.8. The maximum atomic E-state index is 14.3. The monoisotopic (exact) mass is 570 g/mol. The first-order valence-electron chi connectivity index (χ1n) is 12.2. The highest BCUT2D eigenvalue weighted by Gasteiger charge is 2.41. The van der Waals surface area contributed by atoms with Gasteiger partial charge in [0.1, 0.15) is 0 Å². The smallest absolute Gasteiger partial charge is 0.375 e. The number of hydrogen-bond acceptors (Lipinski definition) is 7. The summed E-state index contributed by atoms with van der Waals surface area (Å²) in [7, 11) is 0. The van der Waals surface area contributed by atoms with Crippen LogP contribution >= 0.6 is 11.6 Å². The zero-order chi connectivity index (χ0) is 28.3. The van der Waals surface area contributed by atoms with Gasteiger partial charge in [-0.3, -0.25) is 9.78 Å². The Morgan fingerprint density at radius 3 is 2.62 bits per heavy atom. The molecule has 14 heteroatoms. The SMILES string of the molecule is CCCCOCc1ccc2c(-n3ncc(C(=O)Nc4cnc(-n5nccn5)c(Cl)c4)c3C(F)(F)F)cccc2n1. The fraction of sp³-hybridized carbons (Fsp3) is 0.231. The Labute approximate surface area is 230 Å². The van der Waals surface area contributed by atoms with Gasteiger partial charge in [-0.25, -0.2) is 9.67 Å². The molecule has 1 amide bonds. The van der Waals surface area contributed by atoms with E-state index in [4.69, 9.17) is 16.3 Å². The van der Waals surface area contributed by atoms with Gasteiger partial charge in [0.25, 0.3) is 5.91 Å². The normalized spacial score (nSPS) is 11.7. The molecular weight excluding hydrogens is 549 g/mol. The molecule has 1 N–H and O–H groups in total. The van der Waals surface area contributed by atoms with Crippen molar-refractivity contribution in [1.82, 2.24) is 34.7 Å². The molecule has 4 heterocycles. The number of anilines is 1. The molecule has 5 aromatic rings. The molecule has 0 aliphatic rings. The number of rotatable bonds is 9. The Kier molecular flexibility index (Phi) is 7.76. The Hall–Kier alpha value is -4.36. The second-order valence-corrected chi connectivity index (χ2v) is 9.08. The summed E-state index contributed by atoms with van der Waals surface area (Å²) in [5.74, 6) is -0.847. The summed E-state index contributed by atoms with van der Waals surface area (Å²) in [6.45, 7) is 2.94. The van der Waals surface area contributed by atoms with Crippen LogP contribution in [0.4, 0.5) is 18.9 Å². The molecule has 0 bridgehead atoms. The first-order valence-corrected chi connectivity index (χ1v) is 12.6. The standard InChI is InChI=1S/C26H22ClF3N8O2/c1-2-3-11-40-15-16-7-8-18-21(35-16)5-4-6-22(18)37-23(26(28,29)30)19(14-34-37)25(39)36-17-12-20(27)24(31-13-17)38-32-9-10-33-38/h4-10,12-14H,2-3,11,15H2,1H3,(H,36,39). The van der Waals surface area contributed by atoms with E-state index in [2.05, 4.69) is 37.5 Å². The van der Waals surface area contributed by atoms with Crippen molar-refractivity contribution in [2.75, 3.05) is 11.9 Å². The lowest BCUT2D eigenvalue weighted by molar-refractivity contribution is -0.143. The molecule has 0 atom stereocenters. The van der Waals surface area contributed by atoms with E-state index < -0.39 is 23.3 Å². The largest absolute Gasteiger partial charge is 0.434 e. The average Bonchev–Trinajstić information content (AvgIpc) is 3.61. The zero-order valence-electron chi connectivity index (χ0n) is 21.1.